The molecule has 0 unspecified atom stereocenters. The van der Waals surface area contributed by atoms with E-state index in [9.17, 15) is 14.7 Å². The van der Waals surface area contributed by atoms with Gasteiger partial charge in [-0.15, -0.1) is 0 Å². The molecule has 1 N–H and O–H groups in total. The Balaban J connectivity index is 1.83. The fraction of sp³-hybridized carbons (Fsp3) is 0.138. The molecular formula is C29H24N2O5S. The summed E-state index contributed by atoms with van der Waals surface area (Å²) in [5.41, 5.74) is 2.67. The number of fused-ring (bicyclic) bond motifs is 1. The Morgan fingerprint density at radius 2 is 1.84 bits per heavy atom. The van der Waals surface area contributed by atoms with Crippen LogP contribution in [0.5, 0.6) is 11.5 Å². The second-order valence-corrected chi connectivity index (χ2v) is 9.31. The zero-order valence-electron chi connectivity index (χ0n) is 20.3. The van der Waals surface area contributed by atoms with E-state index in [-0.39, 0.29) is 23.5 Å². The van der Waals surface area contributed by atoms with Crippen molar-refractivity contribution in [2.45, 2.75) is 13.0 Å². The number of esters is 1. The first-order valence-electron chi connectivity index (χ1n) is 11.7. The first kappa shape index (κ1) is 24.3. The van der Waals surface area contributed by atoms with Gasteiger partial charge in [0.2, 0.25) is 0 Å². The number of benzene rings is 3. The van der Waals surface area contributed by atoms with E-state index in [1.165, 1.54) is 11.3 Å². The molecule has 1 atom stereocenters. The lowest BCUT2D eigenvalue weighted by Gasteiger charge is -2.26. The van der Waals surface area contributed by atoms with Gasteiger partial charge in [0.1, 0.15) is 11.5 Å². The van der Waals surface area contributed by atoms with Gasteiger partial charge in [0.05, 0.1) is 35.6 Å². The van der Waals surface area contributed by atoms with Crippen molar-refractivity contribution in [1.82, 2.24) is 4.57 Å². The molecule has 4 aromatic rings. The van der Waals surface area contributed by atoms with Crippen molar-refractivity contribution in [2.75, 3.05) is 13.7 Å². The lowest BCUT2D eigenvalue weighted by molar-refractivity contribution is -0.138. The van der Waals surface area contributed by atoms with Crippen molar-refractivity contribution in [1.29, 1.82) is 0 Å². The molecule has 5 rings (SSSR count). The first-order chi connectivity index (χ1) is 18.0. The van der Waals surface area contributed by atoms with Crippen LogP contribution in [-0.4, -0.2) is 29.4 Å². The van der Waals surface area contributed by atoms with E-state index in [1.54, 1.807) is 48.9 Å². The third-order valence-corrected chi connectivity index (χ3v) is 6.96. The molecule has 7 nitrogen and oxygen atoms in total. The maximum Gasteiger partial charge on any atom is 0.338 e. The van der Waals surface area contributed by atoms with E-state index < -0.39 is 12.0 Å². The Hall–Kier alpha value is -4.43. The summed E-state index contributed by atoms with van der Waals surface area (Å²) in [6.07, 6.45) is 1.75. The minimum atomic E-state index is -0.775. The van der Waals surface area contributed by atoms with Crippen LogP contribution in [0, 0.1) is 0 Å². The largest absolute Gasteiger partial charge is 0.508 e. The number of hydrogen-bond donors (Lipinski definition) is 1. The molecule has 0 saturated carbocycles. The summed E-state index contributed by atoms with van der Waals surface area (Å²) in [6.45, 7) is 1.93. The molecule has 0 fully saturated rings. The summed E-state index contributed by atoms with van der Waals surface area (Å²) < 4.78 is 12.9. The molecule has 37 heavy (non-hydrogen) atoms. The van der Waals surface area contributed by atoms with Crippen LogP contribution in [0.15, 0.2) is 94.2 Å². The molecule has 0 aliphatic carbocycles. The maximum absolute atomic E-state index is 13.8. The third-order valence-electron chi connectivity index (χ3n) is 5.97. The highest BCUT2D eigenvalue weighted by Gasteiger charge is 2.35. The van der Waals surface area contributed by atoms with Gasteiger partial charge in [-0.2, -0.15) is 0 Å². The van der Waals surface area contributed by atoms with Crippen molar-refractivity contribution >= 4 is 29.1 Å². The molecule has 1 aliphatic heterocycles. The Morgan fingerprint density at radius 3 is 2.54 bits per heavy atom. The molecule has 186 valence electrons. The number of carbonyl (C=O) groups excluding carboxylic acids is 1. The number of carbonyl (C=O) groups is 1. The molecule has 0 spiro atoms. The van der Waals surface area contributed by atoms with Crippen LogP contribution < -0.4 is 19.6 Å². The van der Waals surface area contributed by atoms with Crippen LogP contribution >= 0.6 is 11.3 Å². The number of aromatic hydroxyl groups is 1. The van der Waals surface area contributed by atoms with Crippen molar-refractivity contribution in [2.24, 2.45) is 4.99 Å². The second-order valence-electron chi connectivity index (χ2n) is 8.30. The molecule has 1 aliphatic rings. The third kappa shape index (κ3) is 4.71. The predicted molar refractivity (Wildman–Crippen MR) is 142 cm³/mol. The molecule has 0 bridgehead atoms. The van der Waals surface area contributed by atoms with Gasteiger partial charge in [0.25, 0.3) is 5.56 Å². The van der Waals surface area contributed by atoms with Crippen LogP contribution in [0.2, 0.25) is 0 Å². The fourth-order valence-corrected chi connectivity index (χ4v) is 5.29. The number of thiazole rings is 1. The van der Waals surface area contributed by atoms with Gasteiger partial charge >= 0.3 is 5.97 Å². The summed E-state index contributed by atoms with van der Waals surface area (Å²) in [6, 6.07) is 22.5. The predicted octanol–water partition coefficient (Wildman–Crippen LogP) is 3.65. The lowest BCUT2D eigenvalue weighted by Crippen LogP contribution is -2.40. The van der Waals surface area contributed by atoms with Crippen molar-refractivity contribution in [3.05, 3.63) is 121 Å². The highest BCUT2D eigenvalue weighted by Crippen LogP contribution is 2.36. The normalized spacial score (nSPS) is 15.2. The number of hydrogen-bond acceptors (Lipinski definition) is 7. The zero-order chi connectivity index (χ0) is 25.9. The van der Waals surface area contributed by atoms with Crippen molar-refractivity contribution in [3.8, 4) is 11.5 Å². The van der Waals surface area contributed by atoms with Crippen LogP contribution in [0.4, 0.5) is 0 Å². The van der Waals surface area contributed by atoms with E-state index in [0.717, 1.165) is 11.1 Å². The van der Waals surface area contributed by atoms with Crippen LogP contribution in [0.25, 0.3) is 11.8 Å². The van der Waals surface area contributed by atoms with Crippen LogP contribution in [-0.2, 0) is 9.53 Å². The molecule has 8 heteroatoms. The van der Waals surface area contributed by atoms with Gasteiger partial charge < -0.3 is 14.6 Å². The van der Waals surface area contributed by atoms with Gasteiger partial charge in [-0.05, 0) is 48.4 Å². The van der Waals surface area contributed by atoms with E-state index in [4.69, 9.17) is 14.5 Å². The molecule has 0 radical (unpaired) electrons. The monoisotopic (exact) mass is 512 g/mol. The average Bonchev–Trinajstić information content (AvgIpc) is 3.24. The summed E-state index contributed by atoms with van der Waals surface area (Å²) in [5.74, 6) is 0.208. The quantitative estimate of drug-likeness (QED) is 0.399. The molecule has 0 saturated heterocycles. The number of rotatable bonds is 6. The number of aromatic nitrogens is 1. The van der Waals surface area contributed by atoms with Gasteiger partial charge in [0.15, 0.2) is 4.80 Å². The van der Waals surface area contributed by atoms with Crippen LogP contribution in [0.1, 0.15) is 29.7 Å². The van der Waals surface area contributed by atoms with Gasteiger partial charge in [-0.3, -0.25) is 9.36 Å². The highest BCUT2D eigenvalue weighted by atomic mass is 32.1. The van der Waals surface area contributed by atoms with Crippen LogP contribution in [0.3, 0.4) is 0 Å². The second kappa shape index (κ2) is 10.3. The van der Waals surface area contributed by atoms with Crippen molar-refractivity contribution < 1.29 is 19.4 Å². The smallest absolute Gasteiger partial charge is 0.338 e. The first-order valence-corrected chi connectivity index (χ1v) is 12.5. The number of methoxy groups -OCH3 is 1. The summed E-state index contributed by atoms with van der Waals surface area (Å²) in [5, 5.41) is 9.62. The number of phenols is 1. The van der Waals surface area contributed by atoms with E-state index in [1.807, 2.05) is 54.6 Å². The Kier molecular flexibility index (Phi) is 6.74. The molecule has 0 amide bonds. The Morgan fingerprint density at radius 1 is 1.08 bits per heavy atom. The van der Waals surface area contributed by atoms with Gasteiger partial charge in [-0.1, -0.05) is 65.9 Å². The highest BCUT2D eigenvalue weighted by molar-refractivity contribution is 7.07. The minimum absolute atomic E-state index is 0.142. The standard InChI is InChI=1S/C29H24N2O5S/c1-3-36-28(34)24-25(19-8-5-4-6-9-19)30-29-31(26(24)20-10-7-11-22(17-20)35-2)27(33)23(37-29)16-18-12-14-21(32)15-13-18/h4-17,26,32H,3H2,1-2H3/b23-16-/t26-/m0/s1. The number of nitrogens with zero attached hydrogens (tertiary/aromatic N) is 2. The van der Waals surface area contributed by atoms with Crippen molar-refractivity contribution in [3.63, 3.8) is 0 Å². The van der Waals surface area contributed by atoms with E-state index in [0.29, 0.717) is 26.3 Å². The Labute approximate surface area is 216 Å². The molecule has 2 heterocycles. The minimum Gasteiger partial charge on any atom is -0.508 e. The zero-order valence-corrected chi connectivity index (χ0v) is 21.1. The number of phenolic OH excluding ortho intramolecular Hbond substituents is 1. The summed E-state index contributed by atoms with van der Waals surface area (Å²) in [7, 11) is 1.57. The fourth-order valence-electron chi connectivity index (χ4n) is 4.29. The Bertz CT molecular complexity index is 1670. The maximum atomic E-state index is 13.8. The molecule has 3 aromatic carbocycles. The van der Waals surface area contributed by atoms with Gasteiger partial charge in [-0.25, -0.2) is 9.79 Å². The number of ether oxygens (including phenoxy) is 2. The average molecular weight is 513 g/mol. The summed E-state index contributed by atoms with van der Waals surface area (Å²) in [4.78, 5) is 32.6. The van der Waals surface area contributed by atoms with Gasteiger partial charge in [0, 0.05) is 5.56 Å². The SMILES string of the molecule is CCOC(=O)C1=C(c2ccccc2)N=c2s/c(=C\c3ccc(O)cc3)c(=O)n2[C@H]1c1cccc(OC)c1. The lowest BCUT2D eigenvalue weighted by atomic mass is 9.93. The topological polar surface area (TPSA) is 90.1 Å². The van der Waals surface area contributed by atoms with E-state index >= 15 is 0 Å². The molecule has 1 aromatic heterocycles. The van der Waals surface area contributed by atoms with E-state index in [2.05, 4.69) is 0 Å². The molecular weight excluding hydrogens is 488 g/mol. The summed E-state index contributed by atoms with van der Waals surface area (Å²) >= 11 is 1.24.